The van der Waals surface area contributed by atoms with Crippen molar-refractivity contribution in [1.29, 1.82) is 0 Å². The molecule has 1 N–H and O–H groups in total. The minimum Gasteiger partial charge on any atom is -0.479 e. The summed E-state index contributed by atoms with van der Waals surface area (Å²) in [5, 5.41) is 9.85. The van der Waals surface area contributed by atoms with Gasteiger partial charge in [-0.1, -0.05) is 48.0 Å². The van der Waals surface area contributed by atoms with Crippen LogP contribution in [0.1, 0.15) is 24.5 Å². The maximum atomic E-state index is 11.1. The molecule has 1 aromatic heterocycles. The molecule has 0 saturated carbocycles. The summed E-state index contributed by atoms with van der Waals surface area (Å²) in [6, 6.07) is 23.6. The second-order valence-corrected chi connectivity index (χ2v) is 8.30. The van der Waals surface area contributed by atoms with Gasteiger partial charge in [-0.05, 0) is 67.3 Å². The van der Waals surface area contributed by atoms with E-state index in [1.807, 2.05) is 66.7 Å². The van der Waals surface area contributed by atoms with Gasteiger partial charge in [0.1, 0.15) is 11.3 Å². The number of aliphatic carboxylic acids is 1. The summed E-state index contributed by atoms with van der Waals surface area (Å²) in [6.07, 6.45) is 0.868. The van der Waals surface area contributed by atoms with Gasteiger partial charge in [0.2, 0.25) is 0 Å². The number of hydrogen-bond donors (Lipinski definition) is 1. The first-order chi connectivity index (χ1) is 16.0. The molecule has 0 fully saturated rings. The van der Waals surface area contributed by atoms with Crippen LogP contribution in [-0.4, -0.2) is 28.7 Å². The van der Waals surface area contributed by atoms with Crippen LogP contribution in [0.5, 0.6) is 5.75 Å². The number of fused-ring (bicyclic) bond motifs is 1. The first-order valence-electron chi connectivity index (χ1n) is 10.8. The Morgan fingerprint density at radius 2 is 1.88 bits per heavy atom. The number of ether oxygens (including phenoxy) is 1. The van der Waals surface area contributed by atoms with Gasteiger partial charge >= 0.3 is 5.97 Å². The minimum atomic E-state index is -1.00. The summed E-state index contributed by atoms with van der Waals surface area (Å²) in [4.78, 5) is 17.9. The fraction of sp³-hybridized carbons (Fsp3) is 0.231. The number of anilines is 1. The van der Waals surface area contributed by atoms with Crippen LogP contribution in [0.15, 0.2) is 77.2 Å². The lowest BCUT2D eigenvalue weighted by molar-refractivity contribution is -0.144. The highest BCUT2D eigenvalue weighted by Gasteiger charge is 2.16. The van der Waals surface area contributed by atoms with Crippen LogP contribution in [0.25, 0.3) is 11.1 Å². The first kappa shape index (κ1) is 22.7. The molecule has 170 valence electrons. The summed E-state index contributed by atoms with van der Waals surface area (Å²) in [6.45, 7) is 2.79. The van der Waals surface area contributed by atoms with Gasteiger partial charge in [0, 0.05) is 18.1 Å². The molecule has 7 heteroatoms. The topological polar surface area (TPSA) is 75.8 Å². The number of carbonyl (C=O) groups is 1. The van der Waals surface area contributed by atoms with Gasteiger partial charge in [-0.15, -0.1) is 0 Å². The summed E-state index contributed by atoms with van der Waals surface area (Å²) >= 11 is 5.99. The highest BCUT2D eigenvalue weighted by Crippen LogP contribution is 2.25. The van der Waals surface area contributed by atoms with E-state index in [0.717, 1.165) is 41.1 Å². The van der Waals surface area contributed by atoms with Crippen LogP contribution in [0.4, 0.5) is 6.01 Å². The highest BCUT2D eigenvalue weighted by molar-refractivity contribution is 6.30. The highest BCUT2D eigenvalue weighted by atomic mass is 35.5. The predicted octanol–water partition coefficient (Wildman–Crippen LogP) is 5.97. The lowest BCUT2D eigenvalue weighted by Gasteiger charge is -2.21. The van der Waals surface area contributed by atoms with E-state index in [1.54, 1.807) is 6.07 Å². The molecule has 0 amide bonds. The van der Waals surface area contributed by atoms with E-state index in [9.17, 15) is 4.79 Å². The normalized spacial score (nSPS) is 11.9. The van der Waals surface area contributed by atoms with Crippen molar-refractivity contribution in [3.05, 3.63) is 88.9 Å². The van der Waals surface area contributed by atoms with E-state index in [4.69, 9.17) is 25.9 Å². The molecule has 0 spiro atoms. The molecule has 6 nitrogen and oxygen atoms in total. The molecule has 33 heavy (non-hydrogen) atoms. The molecular weight excluding hydrogens is 440 g/mol. The summed E-state index contributed by atoms with van der Waals surface area (Å²) < 4.78 is 11.6. The van der Waals surface area contributed by atoms with Gasteiger partial charge in [0.15, 0.2) is 11.7 Å². The molecule has 3 aromatic carbocycles. The number of hydrogen-bond acceptors (Lipinski definition) is 5. The Morgan fingerprint density at radius 3 is 2.64 bits per heavy atom. The van der Waals surface area contributed by atoms with Crippen LogP contribution in [0.3, 0.4) is 0 Å². The number of carboxylic acid groups (broad SMARTS) is 1. The van der Waals surface area contributed by atoms with Crippen LogP contribution < -0.4 is 9.64 Å². The maximum absolute atomic E-state index is 11.1. The summed E-state index contributed by atoms with van der Waals surface area (Å²) in [5.41, 5.74) is 3.74. The third-order valence-electron chi connectivity index (χ3n) is 5.29. The number of para-hydroxylation sites is 2. The lowest BCUT2D eigenvalue weighted by atomic mass is 10.1. The Bertz CT molecular complexity index is 1190. The number of halogens is 1. The van der Waals surface area contributed by atoms with Crippen molar-refractivity contribution < 1.29 is 19.1 Å². The van der Waals surface area contributed by atoms with Gasteiger partial charge in [0.25, 0.3) is 6.01 Å². The third-order valence-corrected chi connectivity index (χ3v) is 5.54. The standard InChI is InChI=1S/C26H25ClN2O4/c1-18(25(30)31)32-22-8-4-6-20(16-22)17-29(15-5-7-19-11-13-21(27)14-12-19)26-28-23-9-2-3-10-24(23)33-26/h2-4,6,8-14,16,18H,5,7,15,17H2,1H3,(H,30,31). The van der Waals surface area contributed by atoms with Crippen molar-refractivity contribution >= 4 is 34.7 Å². The minimum absolute atomic E-state index is 0.515. The summed E-state index contributed by atoms with van der Waals surface area (Å²) in [5.74, 6) is -0.489. The van der Waals surface area contributed by atoms with Crippen LogP contribution in [0.2, 0.25) is 5.02 Å². The molecule has 1 atom stereocenters. The zero-order chi connectivity index (χ0) is 23.2. The quantitative estimate of drug-likeness (QED) is 0.311. The van der Waals surface area contributed by atoms with Crippen molar-refractivity contribution in [1.82, 2.24) is 4.98 Å². The average Bonchev–Trinajstić information content (AvgIpc) is 3.24. The zero-order valence-electron chi connectivity index (χ0n) is 18.3. The van der Waals surface area contributed by atoms with Gasteiger partial charge in [-0.2, -0.15) is 4.98 Å². The number of oxazole rings is 1. The van der Waals surface area contributed by atoms with Gasteiger partial charge < -0.3 is 19.2 Å². The first-order valence-corrected chi connectivity index (χ1v) is 11.2. The van der Waals surface area contributed by atoms with Crippen LogP contribution in [-0.2, 0) is 17.8 Å². The Labute approximate surface area is 197 Å². The van der Waals surface area contributed by atoms with Crippen molar-refractivity contribution in [3.63, 3.8) is 0 Å². The van der Waals surface area contributed by atoms with E-state index in [1.165, 1.54) is 12.5 Å². The number of aryl methyl sites for hydroxylation is 1. The second-order valence-electron chi connectivity index (χ2n) is 7.86. The van der Waals surface area contributed by atoms with Crippen LogP contribution >= 0.6 is 11.6 Å². The smallest absolute Gasteiger partial charge is 0.344 e. The van der Waals surface area contributed by atoms with E-state index in [0.29, 0.717) is 18.3 Å². The third kappa shape index (κ3) is 6.05. The van der Waals surface area contributed by atoms with Gasteiger partial charge in [-0.25, -0.2) is 4.79 Å². The Morgan fingerprint density at radius 1 is 1.09 bits per heavy atom. The molecule has 1 heterocycles. The molecule has 0 aliphatic carbocycles. The fourth-order valence-corrected chi connectivity index (χ4v) is 3.68. The maximum Gasteiger partial charge on any atom is 0.344 e. The molecule has 0 aliphatic heterocycles. The lowest BCUT2D eigenvalue weighted by Crippen LogP contribution is -2.25. The largest absolute Gasteiger partial charge is 0.479 e. The molecule has 0 bridgehead atoms. The Balaban J connectivity index is 1.52. The SMILES string of the molecule is CC(Oc1cccc(CN(CCCc2ccc(Cl)cc2)c2nc3ccccc3o2)c1)C(=O)O. The molecular formula is C26H25ClN2O4. The molecule has 0 saturated heterocycles. The number of aromatic nitrogens is 1. The van der Waals surface area contributed by atoms with E-state index in [2.05, 4.69) is 9.88 Å². The number of nitrogens with zero attached hydrogens (tertiary/aromatic N) is 2. The zero-order valence-corrected chi connectivity index (χ0v) is 19.0. The molecule has 0 aliphatic rings. The van der Waals surface area contributed by atoms with Crippen molar-refractivity contribution in [2.24, 2.45) is 0 Å². The van der Waals surface area contributed by atoms with Crippen LogP contribution in [0, 0.1) is 0 Å². The van der Waals surface area contributed by atoms with E-state index < -0.39 is 12.1 Å². The second kappa shape index (κ2) is 10.4. The Kier molecular flexibility index (Phi) is 7.15. The van der Waals surface area contributed by atoms with Gasteiger partial charge in [0.05, 0.1) is 0 Å². The molecule has 4 aromatic rings. The van der Waals surface area contributed by atoms with Crippen molar-refractivity contribution in [3.8, 4) is 5.75 Å². The number of benzene rings is 3. The Hall–Kier alpha value is -3.51. The van der Waals surface area contributed by atoms with E-state index >= 15 is 0 Å². The van der Waals surface area contributed by atoms with Crippen molar-refractivity contribution in [2.45, 2.75) is 32.4 Å². The van der Waals surface area contributed by atoms with E-state index in [-0.39, 0.29) is 0 Å². The number of carboxylic acids is 1. The number of rotatable bonds is 10. The summed E-state index contributed by atoms with van der Waals surface area (Å²) in [7, 11) is 0. The predicted molar refractivity (Wildman–Crippen MR) is 129 cm³/mol. The molecule has 0 radical (unpaired) electrons. The molecule has 4 rings (SSSR count). The average molecular weight is 465 g/mol. The fourth-order valence-electron chi connectivity index (χ4n) is 3.55. The monoisotopic (exact) mass is 464 g/mol. The molecule has 1 unspecified atom stereocenters. The van der Waals surface area contributed by atoms with Gasteiger partial charge in [-0.3, -0.25) is 0 Å². The van der Waals surface area contributed by atoms with Crippen molar-refractivity contribution in [2.75, 3.05) is 11.4 Å².